The fraction of sp³-hybridized carbons (Fsp3) is 0.243. The van der Waals surface area contributed by atoms with Crippen LogP contribution in [0.5, 0.6) is 0 Å². The number of para-hydroxylation sites is 1. The number of hydrogen-bond acceptors (Lipinski definition) is 4. The van der Waals surface area contributed by atoms with Crippen molar-refractivity contribution in [2.24, 2.45) is 0 Å². The fourth-order valence-electron chi connectivity index (χ4n) is 5.30. The normalized spacial score (nSPS) is 13.4. The number of hydrogen-bond donors (Lipinski definition) is 0. The predicted molar refractivity (Wildman–Crippen MR) is 175 cm³/mol. The van der Waals surface area contributed by atoms with Crippen LogP contribution in [0, 0.1) is 0 Å². The summed E-state index contributed by atoms with van der Waals surface area (Å²) in [6.07, 6.45) is 3.87. The summed E-state index contributed by atoms with van der Waals surface area (Å²) in [6, 6.07) is 33.0. The van der Waals surface area contributed by atoms with Crippen LogP contribution in [0.25, 0.3) is 22.5 Å². The molecule has 1 aliphatic heterocycles. The molecule has 0 fully saturated rings. The van der Waals surface area contributed by atoms with Gasteiger partial charge in [0.2, 0.25) is 0 Å². The van der Waals surface area contributed by atoms with Gasteiger partial charge in [0.15, 0.2) is 0 Å². The minimum atomic E-state index is 0.0585. The van der Waals surface area contributed by atoms with E-state index in [9.17, 15) is 0 Å². The Morgan fingerprint density at radius 1 is 0.610 bits per heavy atom. The third-order valence-electron chi connectivity index (χ3n) is 7.76. The Kier molecular flexibility index (Phi) is 6.99. The summed E-state index contributed by atoms with van der Waals surface area (Å²) in [5, 5.41) is 0. The van der Waals surface area contributed by atoms with Gasteiger partial charge in [0.1, 0.15) is 0 Å². The Bertz CT molecular complexity index is 1730. The summed E-state index contributed by atoms with van der Waals surface area (Å²) in [4.78, 5) is 13.2. The zero-order valence-electron chi connectivity index (χ0n) is 24.8. The van der Waals surface area contributed by atoms with Crippen LogP contribution in [0.3, 0.4) is 0 Å². The Balaban J connectivity index is 1.51. The molecule has 0 bridgehead atoms. The van der Waals surface area contributed by atoms with Crippen LogP contribution in [0.2, 0.25) is 0 Å². The Morgan fingerprint density at radius 2 is 1.24 bits per heavy atom. The second-order valence-electron chi connectivity index (χ2n) is 12.8. The maximum absolute atomic E-state index is 4.79. The summed E-state index contributed by atoms with van der Waals surface area (Å²) >= 11 is 1.89. The molecule has 4 heteroatoms. The van der Waals surface area contributed by atoms with Crippen molar-refractivity contribution in [2.75, 3.05) is 4.90 Å². The van der Waals surface area contributed by atoms with E-state index in [1.54, 1.807) is 0 Å². The Hall–Kier alpha value is -3.89. The van der Waals surface area contributed by atoms with Gasteiger partial charge in [0.25, 0.3) is 0 Å². The van der Waals surface area contributed by atoms with Crippen LogP contribution in [0.1, 0.15) is 58.2 Å². The van der Waals surface area contributed by atoms with E-state index >= 15 is 0 Å². The second-order valence-corrected chi connectivity index (χ2v) is 13.9. The summed E-state index contributed by atoms with van der Waals surface area (Å²) in [5.74, 6) is 0.922. The molecular formula is C37H37N3S. The van der Waals surface area contributed by atoms with Crippen molar-refractivity contribution in [2.45, 2.75) is 63.0 Å². The highest BCUT2D eigenvalue weighted by Crippen LogP contribution is 2.48. The Labute approximate surface area is 248 Å². The van der Waals surface area contributed by atoms with Crippen molar-refractivity contribution in [1.82, 2.24) is 9.97 Å². The van der Waals surface area contributed by atoms with E-state index in [2.05, 4.69) is 137 Å². The third-order valence-corrected chi connectivity index (χ3v) is 8.87. The molecule has 2 aromatic heterocycles. The zero-order chi connectivity index (χ0) is 28.8. The first-order chi connectivity index (χ1) is 19.6. The van der Waals surface area contributed by atoms with Gasteiger partial charge in [-0.15, -0.1) is 11.8 Å². The van der Waals surface area contributed by atoms with Crippen LogP contribution in [0.15, 0.2) is 108 Å². The molecule has 3 heterocycles. The van der Waals surface area contributed by atoms with E-state index < -0.39 is 0 Å². The molecule has 1 aliphatic rings. The maximum atomic E-state index is 4.79. The average Bonchev–Trinajstić information content (AvgIpc) is 3.13. The molecule has 6 rings (SSSR count). The van der Waals surface area contributed by atoms with Gasteiger partial charge in [0, 0.05) is 39.9 Å². The van der Waals surface area contributed by atoms with Gasteiger partial charge in [-0.1, -0.05) is 77.9 Å². The number of benzene rings is 3. The summed E-state index contributed by atoms with van der Waals surface area (Å²) < 4.78 is 0. The lowest BCUT2D eigenvalue weighted by Gasteiger charge is -2.28. The summed E-state index contributed by atoms with van der Waals surface area (Å²) in [6.45, 7) is 13.5. The zero-order valence-corrected chi connectivity index (χ0v) is 25.6. The number of rotatable bonds is 3. The Morgan fingerprint density at radius 3 is 1.90 bits per heavy atom. The van der Waals surface area contributed by atoms with Gasteiger partial charge in [-0.05, 0) is 82.1 Å². The number of anilines is 3. The van der Waals surface area contributed by atoms with Crippen molar-refractivity contribution in [3.8, 4) is 22.5 Å². The highest BCUT2D eigenvalue weighted by atomic mass is 32.2. The first kappa shape index (κ1) is 27.3. The topological polar surface area (TPSA) is 29.0 Å². The highest BCUT2D eigenvalue weighted by molar-refractivity contribution is 7.98. The summed E-state index contributed by atoms with van der Waals surface area (Å²) in [5.41, 5.74) is 11.7. The molecule has 41 heavy (non-hydrogen) atoms. The predicted octanol–water partition coefficient (Wildman–Crippen LogP) is 10.5. The average molecular weight is 556 g/mol. The minimum Gasteiger partial charge on any atom is -0.309 e. The minimum absolute atomic E-state index is 0.0585. The molecule has 0 radical (unpaired) electrons. The fourth-order valence-corrected chi connectivity index (χ4v) is 6.32. The van der Waals surface area contributed by atoms with E-state index in [1.807, 2.05) is 24.2 Å². The molecule has 3 aromatic carbocycles. The lowest BCUT2D eigenvalue weighted by atomic mass is 9.87. The number of fused-ring (bicyclic) bond motifs is 2. The largest absolute Gasteiger partial charge is 0.309 e. The van der Waals surface area contributed by atoms with Crippen LogP contribution >= 0.6 is 11.8 Å². The number of nitrogens with zero attached hydrogens (tertiary/aromatic N) is 3. The third kappa shape index (κ3) is 5.54. The molecule has 206 valence electrons. The van der Waals surface area contributed by atoms with Crippen LogP contribution in [0.4, 0.5) is 17.1 Å². The van der Waals surface area contributed by atoms with Gasteiger partial charge in [0.05, 0.1) is 22.8 Å². The highest BCUT2D eigenvalue weighted by Gasteiger charge is 2.24. The molecule has 0 saturated heterocycles. The molecular weight excluding hydrogens is 518 g/mol. The first-order valence-electron chi connectivity index (χ1n) is 14.3. The number of thioether (sulfide) groups is 1. The molecule has 3 nitrogen and oxygen atoms in total. The molecule has 0 aliphatic carbocycles. The maximum Gasteiger partial charge on any atom is 0.0705 e. The molecule has 0 unspecified atom stereocenters. The second kappa shape index (κ2) is 10.5. The van der Waals surface area contributed by atoms with Gasteiger partial charge in [-0.25, -0.2) is 0 Å². The number of aromatic nitrogens is 2. The van der Waals surface area contributed by atoms with Gasteiger partial charge < -0.3 is 4.90 Å². The molecule has 0 N–H and O–H groups in total. The van der Waals surface area contributed by atoms with Crippen LogP contribution < -0.4 is 4.90 Å². The first-order valence-corrected chi connectivity index (χ1v) is 15.3. The number of pyridine rings is 2. The van der Waals surface area contributed by atoms with Crippen molar-refractivity contribution < 1.29 is 0 Å². The molecule has 0 amide bonds. The van der Waals surface area contributed by atoms with E-state index in [-0.39, 0.29) is 10.8 Å². The van der Waals surface area contributed by atoms with Crippen LogP contribution in [-0.4, -0.2) is 9.97 Å². The van der Waals surface area contributed by atoms with Gasteiger partial charge in [-0.3, -0.25) is 9.97 Å². The molecule has 0 spiro atoms. The van der Waals surface area contributed by atoms with Crippen LogP contribution in [-0.2, 0) is 16.6 Å². The van der Waals surface area contributed by atoms with E-state index in [0.717, 1.165) is 34.0 Å². The van der Waals surface area contributed by atoms with E-state index in [1.165, 1.54) is 33.0 Å². The lowest BCUT2D eigenvalue weighted by molar-refractivity contribution is 0.589. The molecule has 5 aromatic rings. The van der Waals surface area contributed by atoms with E-state index in [0.29, 0.717) is 0 Å². The smallest absolute Gasteiger partial charge is 0.0705 e. The molecule has 0 saturated carbocycles. The van der Waals surface area contributed by atoms with Crippen molar-refractivity contribution in [3.05, 3.63) is 120 Å². The SMILES string of the molecule is CC(C)(C)c1ccnc(-c2cccc(N3c4ccccc4CSc4ccc(-c5cc(C(C)(C)C)ccn5)cc43)c2)c1. The van der Waals surface area contributed by atoms with Crippen molar-refractivity contribution in [3.63, 3.8) is 0 Å². The quantitative estimate of drug-likeness (QED) is 0.221. The summed E-state index contributed by atoms with van der Waals surface area (Å²) in [7, 11) is 0. The molecule has 0 atom stereocenters. The monoisotopic (exact) mass is 555 g/mol. The van der Waals surface area contributed by atoms with Crippen molar-refractivity contribution >= 4 is 28.8 Å². The van der Waals surface area contributed by atoms with Gasteiger partial charge >= 0.3 is 0 Å². The standard InChI is InChI=1S/C37H37N3S/c1-36(2,3)28-16-18-38-31(22-28)25-11-9-12-30(20-25)40-33-13-8-7-10-27(33)24-41-35-15-14-26(21-34(35)40)32-23-29(17-19-39-32)37(4,5)6/h7-23H,24H2,1-6H3. The van der Waals surface area contributed by atoms with Crippen molar-refractivity contribution in [1.29, 1.82) is 0 Å². The van der Waals surface area contributed by atoms with Gasteiger partial charge in [-0.2, -0.15) is 0 Å². The lowest BCUT2D eigenvalue weighted by Crippen LogP contribution is -2.12. The van der Waals surface area contributed by atoms with E-state index in [4.69, 9.17) is 9.97 Å².